The van der Waals surface area contributed by atoms with Crippen LogP contribution in [0.1, 0.15) is 27.7 Å². The molecule has 92 valence electrons. The van der Waals surface area contributed by atoms with Gasteiger partial charge >= 0.3 is 7.12 Å². The van der Waals surface area contributed by atoms with Crippen molar-refractivity contribution in [2.24, 2.45) is 0 Å². The molecule has 1 fully saturated rings. The zero-order valence-corrected chi connectivity index (χ0v) is 10.3. The average molecular weight is 239 g/mol. The third-order valence-electron chi connectivity index (χ3n) is 3.37. The van der Waals surface area contributed by atoms with Gasteiger partial charge in [-0.05, 0) is 33.8 Å². The highest BCUT2D eigenvalue weighted by Gasteiger charge is 2.51. The first-order valence-corrected chi connectivity index (χ1v) is 5.43. The zero-order chi connectivity index (χ0) is 12.8. The largest absolute Gasteiger partial charge is 0.504 e. The Morgan fingerprint density at radius 3 is 2.24 bits per heavy atom. The summed E-state index contributed by atoms with van der Waals surface area (Å²) in [6, 6.07) is 1.27. The van der Waals surface area contributed by atoms with E-state index in [1.165, 1.54) is 12.3 Å². The van der Waals surface area contributed by atoms with Gasteiger partial charge in [0.1, 0.15) is 0 Å². The average Bonchev–Trinajstić information content (AvgIpc) is 2.41. The molecule has 1 saturated heterocycles. The molecule has 2 heterocycles. The maximum atomic E-state index is 12.8. The van der Waals surface area contributed by atoms with Gasteiger partial charge in [0, 0.05) is 11.7 Å². The Morgan fingerprint density at radius 1 is 1.24 bits per heavy atom. The van der Waals surface area contributed by atoms with E-state index in [2.05, 4.69) is 4.98 Å². The van der Waals surface area contributed by atoms with Crippen LogP contribution in [0, 0.1) is 5.95 Å². The summed E-state index contributed by atoms with van der Waals surface area (Å²) in [5.41, 5.74) is -0.439. The summed E-state index contributed by atoms with van der Waals surface area (Å²) in [6.07, 6.45) is 1.30. The van der Waals surface area contributed by atoms with E-state index in [4.69, 9.17) is 9.31 Å². The van der Waals surface area contributed by atoms with E-state index in [0.29, 0.717) is 5.46 Å². The third kappa shape index (κ3) is 2.02. The minimum Gasteiger partial charge on any atom is -0.504 e. The molecule has 0 aliphatic carbocycles. The molecule has 0 saturated carbocycles. The number of hydrogen-bond acceptors (Lipinski definition) is 4. The number of aromatic hydroxyl groups is 1. The molecule has 1 N–H and O–H groups in total. The van der Waals surface area contributed by atoms with Crippen molar-refractivity contribution in [2.45, 2.75) is 38.9 Å². The molecule has 0 radical (unpaired) electrons. The van der Waals surface area contributed by atoms with Crippen LogP contribution in [0.4, 0.5) is 4.39 Å². The van der Waals surface area contributed by atoms with Crippen LogP contribution in [-0.4, -0.2) is 28.4 Å². The molecule has 0 aromatic carbocycles. The van der Waals surface area contributed by atoms with Gasteiger partial charge in [0.05, 0.1) is 11.2 Å². The minimum atomic E-state index is -0.898. The quantitative estimate of drug-likeness (QED) is 0.591. The van der Waals surface area contributed by atoms with Crippen molar-refractivity contribution < 1.29 is 18.8 Å². The smallest absolute Gasteiger partial charge is 0.496 e. The van der Waals surface area contributed by atoms with Crippen LogP contribution < -0.4 is 5.46 Å². The number of rotatable bonds is 1. The fourth-order valence-electron chi connectivity index (χ4n) is 1.56. The van der Waals surface area contributed by atoms with E-state index in [1.54, 1.807) is 0 Å². The lowest BCUT2D eigenvalue weighted by Gasteiger charge is -2.32. The maximum absolute atomic E-state index is 12.8. The van der Waals surface area contributed by atoms with Gasteiger partial charge in [-0.1, -0.05) is 0 Å². The Morgan fingerprint density at radius 2 is 1.76 bits per heavy atom. The fraction of sp³-hybridized carbons (Fsp3) is 0.545. The number of pyridine rings is 1. The van der Waals surface area contributed by atoms with E-state index < -0.39 is 30.0 Å². The van der Waals surface area contributed by atoms with Crippen LogP contribution in [0.2, 0.25) is 0 Å². The molecule has 17 heavy (non-hydrogen) atoms. The second-order valence-corrected chi connectivity index (χ2v) is 5.17. The van der Waals surface area contributed by atoms with Gasteiger partial charge in [-0.25, -0.2) is 4.98 Å². The molecule has 0 spiro atoms. The van der Waals surface area contributed by atoms with Crippen molar-refractivity contribution in [1.82, 2.24) is 4.98 Å². The highest BCUT2D eigenvalue weighted by molar-refractivity contribution is 6.62. The maximum Gasteiger partial charge on any atom is 0.496 e. The van der Waals surface area contributed by atoms with Crippen molar-refractivity contribution in [2.75, 3.05) is 0 Å². The van der Waals surface area contributed by atoms with Gasteiger partial charge in [-0.2, -0.15) is 4.39 Å². The Labute approximate surface area is 99.9 Å². The predicted molar refractivity (Wildman–Crippen MR) is 61.6 cm³/mol. The van der Waals surface area contributed by atoms with Crippen LogP contribution in [0.5, 0.6) is 5.75 Å². The van der Waals surface area contributed by atoms with Crippen molar-refractivity contribution in [3.8, 4) is 5.75 Å². The first-order valence-electron chi connectivity index (χ1n) is 5.43. The summed E-state index contributed by atoms with van der Waals surface area (Å²) in [6.45, 7) is 7.68. The number of aromatic nitrogens is 1. The molecule has 0 atom stereocenters. The molecular formula is C11H15BFNO3. The third-order valence-corrected chi connectivity index (χ3v) is 3.37. The molecule has 4 nitrogen and oxygen atoms in total. The van der Waals surface area contributed by atoms with E-state index in [0.717, 1.165) is 0 Å². The minimum absolute atomic E-state index is 0.471. The van der Waals surface area contributed by atoms with Crippen molar-refractivity contribution >= 4 is 12.6 Å². The molecule has 0 bridgehead atoms. The van der Waals surface area contributed by atoms with Crippen molar-refractivity contribution in [1.29, 1.82) is 0 Å². The van der Waals surface area contributed by atoms with Gasteiger partial charge < -0.3 is 14.4 Å². The van der Waals surface area contributed by atoms with Gasteiger partial charge in [-0.15, -0.1) is 0 Å². The van der Waals surface area contributed by atoms with Crippen LogP contribution in [-0.2, 0) is 9.31 Å². The molecule has 0 unspecified atom stereocenters. The lowest BCUT2D eigenvalue weighted by molar-refractivity contribution is 0.00578. The summed E-state index contributed by atoms with van der Waals surface area (Å²) in [5, 5.41) is 9.27. The van der Waals surface area contributed by atoms with Gasteiger partial charge in [-0.3, -0.25) is 0 Å². The molecule has 2 rings (SSSR count). The van der Waals surface area contributed by atoms with E-state index in [-0.39, 0.29) is 0 Å². The summed E-state index contributed by atoms with van der Waals surface area (Å²) < 4.78 is 24.3. The number of hydrogen-bond donors (Lipinski definition) is 1. The van der Waals surface area contributed by atoms with Crippen molar-refractivity contribution in [3.63, 3.8) is 0 Å². The normalized spacial score (nSPS) is 21.8. The summed E-state index contributed by atoms with van der Waals surface area (Å²) in [7, 11) is -0.640. The highest BCUT2D eigenvalue weighted by atomic mass is 19.1. The molecule has 1 aromatic rings. The fourth-order valence-corrected chi connectivity index (χ4v) is 1.56. The topological polar surface area (TPSA) is 51.6 Å². The Hall–Kier alpha value is -1.14. The molecule has 1 aromatic heterocycles. The van der Waals surface area contributed by atoms with Gasteiger partial charge in [0.25, 0.3) is 5.95 Å². The molecular weight excluding hydrogens is 224 g/mol. The Bertz CT molecular complexity index is 434. The zero-order valence-electron chi connectivity index (χ0n) is 10.3. The van der Waals surface area contributed by atoms with Gasteiger partial charge in [0.2, 0.25) is 0 Å². The SMILES string of the molecule is CC1(C)OB(c2cnc(F)c(O)c2)OC1(C)C. The van der Waals surface area contributed by atoms with E-state index in [9.17, 15) is 9.50 Å². The van der Waals surface area contributed by atoms with E-state index >= 15 is 0 Å². The first-order chi connectivity index (χ1) is 7.73. The lowest BCUT2D eigenvalue weighted by atomic mass is 9.80. The summed E-state index contributed by atoms with van der Waals surface area (Å²) in [5.74, 6) is -1.40. The summed E-state index contributed by atoms with van der Waals surface area (Å²) in [4.78, 5) is 3.44. The van der Waals surface area contributed by atoms with E-state index in [1.807, 2.05) is 27.7 Å². The van der Waals surface area contributed by atoms with Crippen LogP contribution in [0.15, 0.2) is 12.3 Å². The molecule has 6 heteroatoms. The lowest BCUT2D eigenvalue weighted by Crippen LogP contribution is -2.41. The Balaban J connectivity index is 2.29. The standard InChI is InChI=1S/C11H15BFNO3/c1-10(2)11(3,4)17-12(16-10)7-5-8(15)9(13)14-6-7/h5-6,15H,1-4H3. The monoisotopic (exact) mass is 239 g/mol. The van der Waals surface area contributed by atoms with Crippen LogP contribution >= 0.6 is 0 Å². The van der Waals surface area contributed by atoms with Crippen LogP contribution in [0.25, 0.3) is 0 Å². The second-order valence-electron chi connectivity index (χ2n) is 5.17. The van der Waals surface area contributed by atoms with Crippen molar-refractivity contribution in [3.05, 3.63) is 18.2 Å². The molecule has 0 amide bonds. The summed E-state index contributed by atoms with van der Waals surface area (Å²) >= 11 is 0. The number of halogens is 1. The first kappa shape index (κ1) is 12.3. The van der Waals surface area contributed by atoms with Crippen LogP contribution in [0.3, 0.4) is 0 Å². The Kier molecular flexibility index (Phi) is 2.67. The highest BCUT2D eigenvalue weighted by Crippen LogP contribution is 2.36. The number of nitrogens with zero attached hydrogens (tertiary/aromatic N) is 1. The molecule has 1 aliphatic rings. The second kappa shape index (κ2) is 3.68. The molecule has 1 aliphatic heterocycles. The van der Waals surface area contributed by atoms with Gasteiger partial charge in [0.15, 0.2) is 5.75 Å². The predicted octanol–water partition coefficient (Wildman–Crippen LogP) is 1.23.